The highest BCUT2D eigenvalue weighted by molar-refractivity contribution is 5.86. The van der Waals surface area contributed by atoms with E-state index in [-0.39, 0.29) is 43.4 Å². The van der Waals surface area contributed by atoms with Crippen LogP contribution in [0.3, 0.4) is 0 Å². The Morgan fingerprint density at radius 3 is 2.24 bits per heavy atom. The van der Waals surface area contributed by atoms with Gasteiger partial charge in [0.15, 0.2) is 0 Å². The van der Waals surface area contributed by atoms with Crippen LogP contribution in [0, 0.1) is 5.92 Å². The minimum absolute atomic E-state index is 0. The molecule has 1 fully saturated rings. The molecular formula is C14H29Cl3N4. The van der Waals surface area contributed by atoms with Crippen LogP contribution < -0.4 is 16.4 Å². The molecule has 0 saturated carbocycles. The summed E-state index contributed by atoms with van der Waals surface area (Å²) in [7, 11) is 2.03. The minimum atomic E-state index is 0. The van der Waals surface area contributed by atoms with E-state index in [1.165, 1.54) is 44.5 Å². The first kappa shape index (κ1) is 25.7. The fourth-order valence-electron chi connectivity index (χ4n) is 2.60. The number of anilines is 1. The smallest absolute Gasteiger partial charge is 0.0397 e. The SMILES string of the molecule is CNCCCC1CCN(c2ccncc2)CC1.Cl.Cl.Cl.N. The second kappa shape index (κ2) is 14.7. The van der Waals surface area contributed by atoms with E-state index in [9.17, 15) is 0 Å². The first-order chi connectivity index (χ1) is 8.40. The van der Waals surface area contributed by atoms with E-state index in [0.717, 1.165) is 12.5 Å². The Hall–Kier alpha value is -0.260. The van der Waals surface area contributed by atoms with E-state index in [1.807, 2.05) is 19.4 Å². The Bertz CT molecular complexity index is 319. The maximum Gasteiger partial charge on any atom is 0.0397 e. The van der Waals surface area contributed by atoms with Crippen LogP contribution in [0.15, 0.2) is 24.5 Å². The standard InChI is InChI=1S/C14H23N3.3ClH.H3N/c1-15-8-2-3-13-6-11-17(12-7-13)14-4-9-16-10-5-14;;;;/h4-5,9-10,13,15H,2-3,6-8,11-12H2,1H3;3*1H;1H3. The molecule has 0 spiro atoms. The average molecular weight is 360 g/mol. The van der Waals surface area contributed by atoms with E-state index >= 15 is 0 Å². The Labute approximate surface area is 147 Å². The number of rotatable bonds is 5. The lowest BCUT2D eigenvalue weighted by Gasteiger charge is -2.33. The molecule has 1 aromatic heterocycles. The lowest BCUT2D eigenvalue weighted by Crippen LogP contribution is -2.33. The molecule has 0 radical (unpaired) electrons. The van der Waals surface area contributed by atoms with Gasteiger partial charge in [0.2, 0.25) is 0 Å². The van der Waals surface area contributed by atoms with Crippen LogP contribution in [-0.4, -0.2) is 31.7 Å². The molecule has 0 bridgehead atoms. The molecular weight excluding hydrogens is 331 g/mol. The molecule has 4 N–H and O–H groups in total. The Morgan fingerprint density at radius 2 is 1.71 bits per heavy atom. The second-order valence-corrected chi connectivity index (χ2v) is 4.88. The first-order valence-corrected chi connectivity index (χ1v) is 6.69. The van der Waals surface area contributed by atoms with Crippen LogP contribution in [0.4, 0.5) is 5.69 Å². The van der Waals surface area contributed by atoms with Gasteiger partial charge in [-0.05, 0) is 57.3 Å². The summed E-state index contributed by atoms with van der Waals surface area (Å²) in [4.78, 5) is 6.55. The van der Waals surface area contributed by atoms with E-state index in [1.54, 1.807) is 0 Å². The van der Waals surface area contributed by atoms with E-state index in [4.69, 9.17) is 0 Å². The second-order valence-electron chi connectivity index (χ2n) is 4.88. The van der Waals surface area contributed by atoms with Gasteiger partial charge in [-0.25, -0.2) is 0 Å². The Morgan fingerprint density at radius 1 is 1.14 bits per heavy atom. The van der Waals surface area contributed by atoms with Gasteiger partial charge in [-0.2, -0.15) is 0 Å². The number of aromatic nitrogens is 1. The van der Waals surface area contributed by atoms with Crippen LogP contribution >= 0.6 is 37.2 Å². The van der Waals surface area contributed by atoms with Crippen LogP contribution in [0.5, 0.6) is 0 Å². The number of nitrogens with one attached hydrogen (secondary N) is 1. The first-order valence-electron chi connectivity index (χ1n) is 6.69. The molecule has 1 aromatic rings. The summed E-state index contributed by atoms with van der Waals surface area (Å²) in [6.07, 6.45) is 9.14. The van der Waals surface area contributed by atoms with Crippen molar-refractivity contribution in [3.63, 3.8) is 0 Å². The highest BCUT2D eigenvalue weighted by Gasteiger charge is 2.18. The summed E-state index contributed by atoms with van der Waals surface area (Å²) in [5.41, 5.74) is 1.33. The molecule has 0 unspecified atom stereocenters. The van der Waals surface area contributed by atoms with Crippen molar-refractivity contribution in [2.45, 2.75) is 25.7 Å². The number of nitrogens with zero attached hydrogens (tertiary/aromatic N) is 2. The zero-order valence-corrected chi connectivity index (χ0v) is 15.1. The van der Waals surface area contributed by atoms with Gasteiger partial charge in [-0.15, -0.1) is 37.2 Å². The molecule has 0 aliphatic carbocycles. The molecule has 0 aromatic carbocycles. The topological polar surface area (TPSA) is 63.2 Å². The lowest BCUT2D eigenvalue weighted by atomic mass is 9.92. The highest BCUT2D eigenvalue weighted by atomic mass is 35.5. The van der Waals surface area contributed by atoms with Crippen molar-refractivity contribution in [1.29, 1.82) is 0 Å². The molecule has 4 nitrogen and oxygen atoms in total. The molecule has 0 atom stereocenters. The Kier molecular flexibility index (Phi) is 17.9. The van der Waals surface area contributed by atoms with Crippen LogP contribution in [0.2, 0.25) is 0 Å². The third-order valence-electron chi connectivity index (χ3n) is 3.68. The van der Waals surface area contributed by atoms with Crippen LogP contribution in [0.1, 0.15) is 25.7 Å². The third-order valence-corrected chi connectivity index (χ3v) is 3.68. The van der Waals surface area contributed by atoms with Gasteiger partial charge in [0.05, 0.1) is 0 Å². The van der Waals surface area contributed by atoms with Gasteiger partial charge in [0, 0.05) is 31.2 Å². The fraction of sp³-hybridized carbons (Fsp3) is 0.643. The highest BCUT2D eigenvalue weighted by Crippen LogP contribution is 2.25. The summed E-state index contributed by atoms with van der Waals surface area (Å²) < 4.78 is 0. The van der Waals surface area contributed by atoms with E-state index < -0.39 is 0 Å². The number of halogens is 3. The summed E-state index contributed by atoms with van der Waals surface area (Å²) in [5, 5.41) is 3.22. The maximum atomic E-state index is 4.07. The molecule has 126 valence electrons. The van der Waals surface area contributed by atoms with Gasteiger partial charge in [-0.3, -0.25) is 4.98 Å². The predicted molar refractivity (Wildman–Crippen MR) is 99.1 cm³/mol. The van der Waals surface area contributed by atoms with Gasteiger partial charge in [-0.1, -0.05) is 0 Å². The van der Waals surface area contributed by atoms with Gasteiger partial charge < -0.3 is 16.4 Å². The van der Waals surface area contributed by atoms with Crippen molar-refractivity contribution >= 4 is 42.9 Å². The van der Waals surface area contributed by atoms with Crippen molar-refractivity contribution in [3.05, 3.63) is 24.5 Å². The summed E-state index contributed by atoms with van der Waals surface area (Å²) >= 11 is 0. The molecule has 2 rings (SSSR count). The van der Waals surface area contributed by atoms with Gasteiger partial charge in [0.1, 0.15) is 0 Å². The van der Waals surface area contributed by atoms with Crippen LogP contribution in [-0.2, 0) is 0 Å². The number of pyridine rings is 1. The predicted octanol–water partition coefficient (Wildman–Crippen LogP) is 3.73. The number of hydrogen-bond donors (Lipinski definition) is 2. The summed E-state index contributed by atoms with van der Waals surface area (Å²) in [5.74, 6) is 0.932. The van der Waals surface area contributed by atoms with Gasteiger partial charge >= 0.3 is 0 Å². The molecule has 1 aliphatic heterocycles. The molecule has 1 saturated heterocycles. The minimum Gasteiger partial charge on any atom is -0.371 e. The zero-order valence-electron chi connectivity index (χ0n) is 12.7. The molecule has 2 heterocycles. The van der Waals surface area contributed by atoms with E-state index in [2.05, 4.69) is 27.3 Å². The lowest BCUT2D eigenvalue weighted by molar-refractivity contribution is 0.371. The van der Waals surface area contributed by atoms with E-state index in [0.29, 0.717) is 0 Å². The summed E-state index contributed by atoms with van der Waals surface area (Å²) in [6, 6.07) is 4.22. The third kappa shape index (κ3) is 8.69. The van der Waals surface area contributed by atoms with Crippen LogP contribution in [0.25, 0.3) is 0 Å². The van der Waals surface area contributed by atoms with Gasteiger partial charge in [0.25, 0.3) is 0 Å². The monoisotopic (exact) mass is 358 g/mol. The molecule has 21 heavy (non-hydrogen) atoms. The van der Waals surface area contributed by atoms with Crippen molar-refractivity contribution in [1.82, 2.24) is 16.5 Å². The quantitative estimate of drug-likeness (QED) is 0.786. The zero-order chi connectivity index (χ0) is 11.9. The number of piperidine rings is 1. The fourth-order valence-corrected chi connectivity index (χ4v) is 2.60. The average Bonchev–Trinajstić information content (AvgIpc) is 2.41. The molecule has 0 amide bonds. The number of hydrogen-bond acceptors (Lipinski definition) is 4. The largest absolute Gasteiger partial charge is 0.371 e. The summed E-state index contributed by atoms with van der Waals surface area (Å²) in [6.45, 7) is 3.56. The van der Waals surface area contributed by atoms with Crippen molar-refractivity contribution in [2.75, 3.05) is 31.6 Å². The van der Waals surface area contributed by atoms with Crippen molar-refractivity contribution in [2.24, 2.45) is 5.92 Å². The molecule has 1 aliphatic rings. The Balaban J connectivity index is -0.000000810. The normalized spacial score (nSPS) is 14.0. The van der Waals surface area contributed by atoms with Crippen molar-refractivity contribution in [3.8, 4) is 0 Å². The molecule has 7 heteroatoms. The maximum absolute atomic E-state index is 4.07. The van der Waals surface area contributed by atoms with Crippen molar-refractivity contribution < 1.29 is 0 Å².